The summed E-state index contributed by atoms with van der Waals surface area (Å²) in [5.74, 6) is -0.992. The molecule has 19 heavy (non-hydrogen) atoms. The van der Waals surface area contributed by atoms with E-state index < -0.39 is 21.5 Å². The highest BCUT2D eigenvalue weighted by Gasteiger charge is 2.19. The van der Waals surface area contributed by atoms with Crippen LogP contribution in [0.1, 0.15) is 5.56 Å². The van der Waals surface area contributed by atoms with Gasteiger partial charge in [0.25, 0.3) is 0 Å². The van der Waals surface area contributed by atoms with Crippen LogP contribution in [0.5, 0.6) is 0 Å². The Hall–Kier alpha value is -1.27. The van der Waals surface area contributed by atoms with E-state index in [-0.39, 0.29) is 20.7 Å². The first-order valence-corrected chi connectivity index (χ1v) is 7.90. The van der Waals surface area contributed by atoms with Gasteiger partial charge in [0.2, 0.25) is 9.84 Å². The van der Waals surface area contributed by atoms with Gasteiger partial charge in [0.15, 0.2) is 0 Å². The minimum absolute atomic E-state index is 0.0186. The van der Waals surface area contributed by atoms with E-state index in [4.69, 9.17) is 0 Å². The maximum atomic E-state index is 13.3. The van der Waals surface area contributed by atoms with Crippen LogP contribution in [0.4, 0.5) is 8.78 Å². The molecule has 0 aliphatic rings. The quantitative estimate of drug-likeness (QED) is 0.627. The Kier molecular flexibility index (Phi) is 4.01. The van der Waals surface area contributed by atoms with Gasteiger partial charge in [-0.15, -0.1) is 0 Å². The third kappa shape index (κ3) is 2.84. The van der Waals surface area contributed by atoms with Crippen LogP contribution in [-0.2, 0) is 15.2 Å². The number of alkyl halides is 1. The first kappa shape index (κ1) is 14.1. The molecule has 100 valence electrons. The molecular weight excluding hydrogens is 338 g/mol. The van der Waals surface area contributed by atoms with Gasteiger partial charge in [0.1, 0.15) is 11.6 Å². The average molecular weight is 347 g/mol. The van der Waals surface area contributed by atoms with Gasteiger partial charge in [-0.3, -0.25) is 0 Å². The second-order valence-electron chi connectivity index (χ2n) is 3.84. The molecule has 0 fully saturated rings. The Morgan fingerprint density at radius 1 is 0.947 bits per heavy atom. The number of halogens is 3. The fourth-order valence-electron chi connectivity index (χ4n) is 1.57. The van der Waals surface area contributed by atoms with E-state index in [1.807, 2.05) is 0 Å². The zero-order valence-corrected chi connectivity index (χ0v) is 12.0. The van der Waals surface area contributed by atoms with Gasteiger partial charge < -0.3 is 0 Å². The van der Waals surface area contributed by atoms with Gasteiger partial charge in [0.05, 0.1) is 9.79 Å². The zero-order valence-electron chi connectivity index (χ0n) is 9.61. The lowest BCUT2D eigenvalue weighted by Crippen LogP contribution is -2.03. The van der Waals surface area contributed by atoms with Crippen LogP contribution in [0, 0.1) is 11.6 Å². The molecule has 2 rings (SSSR count). The molecular formula is C13H9BrF2O2S. The first-order valence-electron chi connectivity index (χ1n) is 5.30. The monoisotopic (exact) mass is 346 g/mol. The van der Waals surface area contributed by atoms with Crippen LogP contribution in [-0.4, -0.2) is 8.42 Å². The van der Waals surface area contributed by atoms with E-state index in [9.17, 15) is 17.2 Å². The Morgan fingerprint density at radius 2 is 1.53 bits per heavy atom. The third-order valence-electron chi connectivity index (χ3n) is 2.60. The Morgan fingerprint density at radius 3 is 2.11 bits per heavy atom. The summed E-state index contributed by atoms with van der Waals surface area (Å²) >= 11 is 3.09. The van der Waals surface area contributed by atoms with Gasteiger partial charge in [-0.2, -0.15) is 0 Å². The maximum absolute atomic E-state index is 13.3. The van der Waals surface area contributed by atoms with Crippen LogP contribution in [0.25, 0.3) is 0 Å². The highest BCUT2D eigenvalue weighted by Crippen LogP contribution is 2.24. The van der Waals surface area contributed by atoms with E-state index in [0.29, 0.717) is 0 Å². The minimum atomic E-state index is -3.76. The lowest BCUT2D eigenvalue weighted by molar-refractivity contribution is 0.592. The molecule has 0 N–H and O–H groups in total. The predicted molar refractivity (Wildman–Crippen MR) is 70.9 cm³/mol. The molecule has 0 spiro atoms. The average Bonchev–Trinajstić information content (AvgIpc) is 2.39. The number of sulfone groups is 1. The highest BCUT2D eigenvalue weighted by atomic mass is 79.9. The van der Waals surface area contributed by atoms with Crippen molar-refractivity contribution >= 4 is 25.8 Å². The third-order valence-corrected chi connectivity index (χ3v) is 4.97. The van der Waals surface area contributed by atoms with Crippen molar-refractivity contribution in [3.05, 3.63) is 59.7 Å². The summed E-state index contributed by atoms with van der Waals surface area (Å²) < 4.78 is 50.7. The maximum Gasteiger partial charge on any atom is 0.206 e. The normalized spacial score (nSPS) is 11.5. The second kappa shape index (κ2) is 5.38. The molecule has 0 unspecified atom stereocenters. The van der Waals surface area contributed by atoms with Crippen LogP contribution in [0.15, 0.2) is 52.3 Å². The lowest BCUT2D eigenvalue weighted by Gasteiger charge is -2.06. The molecule has 0 bridgehead atoms. The largest absolute Gasteiger partial charge is 0.219 e. The molecule has 0 aliphatic heterocycles. The highest BCUT2D eigenvalue weighted by molar-refractivity contribution is 9.08. The standard InChI is InChI=1S/C13H9BrF2O2S/c14-8-9-7-12(5-6-13(9)16)19(17,18)11-3-1-10(15)2-4-11/h1-7H,8H2. The van der Waals surface area contributed by atoms with Crippen molar-refractivity contribution in [1.82, 2.24) is 0 Å². The van der Waals surface area contributed by atoms with Crippen molar-refractivity contribution in [1.29, 1.82) is 0 Å². The molecule has 0 saturated heterocycles. The summed E-state index contributed by atoms with van der Waals surface area (Å²) in [6.07, 6.45) is 0. The summed E-state index contributed by atoms with van der Waals surface area (Å²) in [6.45, 7) is 0. The van der Waals surface area contributed by atoms with Crippen molar-refractivity contribution < 1.29 is 17.2 Å². The van der Waals surface area contributed by atoms with E-state index in [2.05, 4.69) is 15.9 Å². The summed E-state index contributed by atoms with van der Waals surface area (Å²) in [7, 11) is -3.76. The van der Waals surface area contributed by atoms with Gasteiger partial charge in [0, 0.05) is 5.33 Å². The molecule has 0 atom stereocenters. The molecule has 0 saturated carbocycles. The summed E-state index contributed by atoms with van der Waals surface area (Å²) in [5, 5.41) is 0.214. The van der Waals surface area contributed by atoms with Gasteiger partial charge in [-0.25, -0.2) is 17.2 Å². The van der Waals surface area contributed by atoms with E-state index in [1.165, 1.54) is 24.3 Å². The van der Waals surface area contributed by atoms with Crippen molar-refractivity contribution in [2.45, 2.75) is 15.1 Å². The van der Waals surface area contributed by atoms with E-state index in [0.717, 1.165) is 18.2 Å². The number of hydrogen-bond donors (Lipinski definition) is 0. The molecule has 2 nitrogen and oxygen atoms in total. The SMILES string of the molecule is O=S(=O)(c1ccc(F)cc1)c1ccc(F)c(CBr)c1. The van der Waals surface area contributed by atoms with E-state index >= 15 is 0 Å². The number of benzene rings is 2. The fourth-order valence-corrected chi connectivity index (χ4v) is 3.31. The minimum Gasteiger partial charge on any atom is -0.219 e. The van der Waals surface area contributed by atoms with Crippen molar-refractivity contribution in [2.75, 3.05) is 0 Å². The van der Waals surface area contributed by atoms with Crippen LogP contribution < -0.4 is 0 Å². The molecule has 0 heterocycles. The molecule has 0 aromatic heterocycles. The summed E-state index contributed by atoms with van der Waals surface area (Å²) in [5.41, 5.74) is 0.253. The molecule has 0 aliphatic carbocycles. The molecule has 2 aromatic rings. The summed E-state index contributed by atoms with van der Waals surface area (Å²) in [4.78, 5) is -0.0454. The number of hydrogen-bond acceptors (Lipinski definition) is 2. The second-order valence-corrected chi connectivity index (χ2v) is 6.35. The van der Waals surface area contributed by atoms with Crippen LogP contribution in [0.3, 0.4) is 0 Å². The van der Waals surface area contributed by atoms with Crippen molar-refractivity contribution in [2.24, 2.45) is 0 Å². The topological polar surface area (TPSA) is 34.1 Å². The molecule has 2 aromatic carbocycles. The molecule has 0 radical (unpaired) electrons. The van der Waals surface area contributed by atoms with Crippen molar-refractivity contribution in [3.8, 4) is 0 Å². The van der Waals surface area contributed by atoms with E-state index in [1.54, 1.807) is 0 Å². The predicted octanol–water partition coefficient (Wildman–Crippen LogP) is 3.69. The zero-order chi connectivity index (χ0) is 14.0. The van der Waals surface area contributed by atoms with Gasteiger partial charge in [-0.05, 0) is 48.0 Å². The fraction of sp³-hybridized carbons (Fsp3) is 0.0769. The van der Waals surface area contributed by atoms with Crippen LogP contribution >= 0.6 is 15.9 Å². The Bertz CT molecular complexity index is 697. The summed E-state index contributed by atoms with van der Waals surface area (Å²) in [6, 6.07) is 8.07. The van der Waals surface area contributed by atoms with Gasteiger partial charge in [-0.1, -0.05) is 15.9 Å². The van der Waals surface area contributed by atoms with Crippen LogP contribution in [0.2, 0.25) is 0 Å². The molecule has 6 heteroatoms. The van der Waals surface area contributed by atoms with Gasteiger partial charge >= 0.3 is 0 Å². The number of rotatable bonds is 3. The first-order chi connectivity index (χ1) is 8.95. The Balaban J connectivity index is 2.53. The van der Waals surface area contributed by atoms with Crippen molar-refractivity contribution in [3.63, 3.8) is 0 Å². The lowest BCUT2D eigenvalue weighted by atomic mass is 10.2. The smallest absolute Gasteiger partial charge is 0.206 e. The Labute approximate surface area is 118 Å². The molecule has 0 amide bonds.